The molecule has 2 aromatic rings. The van der Waals surface area contributed by atoms with E-state index in [1.165, 1.54) is 17.2 Å². The summed E-state index contributed by atoms with van der Waals surface area (Å²) in [4.78, 5) is 12.8. The number of aromatic hydroxyl groups is 1. The van der Waals surface area contributed by atoms with Crippen LogP contribution in [0.1, 0.15) is 73.4 Å². The first-order chi connectivity index (χ1) is 17.4. The van der Waals surface area contributed by atoms with Crippen molar-refractivity contribution >= 4 is 39.2 Å². The number of hydrogen-bond donors (Lipinski definition) is 2. The molecule has 37 heavy (non-hydrogen) atoms. The van der Waals surface area contributed by atoms with Gasteiger partial charge in [-0.1, -0.05) is 30.1 Å². The summed E-state index contributed by atoms with van der Waals surface area (Å²) in [5.74, 6) is 1.25. The van der Waals surface area contributed by atoms with Crippen LogP contribution >= 0.6 is 23.2 Å². The Morgan fingerprint density at radius 2 is 1.89 bits per heavy atom. The Kier molecular flexibility index (Phi) is 6.92. The molecule has 3 aliphatic carbocycles. The summed E-state index contributed by atoms with van der Waals surface area (Å²) < 4.78 is 35.5. The highest BCUT2D eigenvalue weighted by Gasteiger charge is 2.56. The molecule has 3 aliphatic rings. The van der Waals surface area contributed by atoms with Crippen LogP contribution in [0.5, 0.6) is 11.5 Å². The number of halogens is 2. The highest BCUT2D eigenvalue weighted by Crippen LogP contribution is 2.62. The van der Waals surface area contributed by atoms with Crippen molar-refractivity contribution in [1.29, 1.82) is 0 Å². The first-order valence-electron chi connectivity index (χ1n) is 12.7. The monoisotopic (exact) mass is 567 g/mol. The molecule has 0 aromatic heterocycles. The van der Waals surface area contributed by atoms with E-state index < -0.39 is 16.0 Å². The van der Waals surface area contributed by atoms with Crippen LogP contribution in [0.25, 0.3) is 0 Å². The Balaban J connectivity index is 1.38. The average Bonchev–Trinajstić information content (AvgIpc) is 3.14. The lowest BCUT2D eigenvalue weighted by Crippen LogP contribution is -2.45. The molecule has 2 saturated carbocycles. The fourth-order valence-corrected chi connectivity index (χ4v) is 8.50. The van der Waals surface area contributed by atoms with Gasteiger partial charge in [-0.3, -0.25) is 0 Å². The van der Waals surface area contributed by atoms with E-state index in [4.69, 9.17) is 37.8 Å². The molecule has 0 spiro atoms. The number of carbonyl (C=O) groups is 1. The minimum Gasteiger partial charge on any atom is -0.504 e. The maximum atomic E-state index is 13.2. The van der Waals surface area contributed by atoms with Gasteiger partial charge in [0.1, 0.15) is 11.0 Å². The number of benzene rings is 2. The first kappa shape index (κ1) is 26.6. The minimum atomic E-state index is -4.13. The number of primary sulfonamides is 1. The quantitative estimate of drug-likeness (QED) is 0.439. The molecular weight excluding hydrogens is 537 g/mol. The normalized spacial score (nSPS) is 28.7. The first-order valence-corrected chi connectivity index (χ1v) is 15.0. The van der Waals surface area contributed by atoms with Crippen LogP contribution < -0.4 is 9.88 Å². The molecule has 0 saturated heterocycles. The van der Waals surface area contributed by atoms with E-state index in [-0.39, 0.29) is 37.8 Å². The van der Waals surface area contributed by atoms with E-state index in [1.54, 1.807) is 0 Å². The predicted octanol–water partition coefficient (Wildman–Crippen LogP) is 5.83. The van der Waals surface area contributed by atoms with Crippen molar-refractivity contribution in [2.24, 2.45) is 22.4 Å². The van der Waals surface area contributed by atoms with Gasteiger partial charge >= 0.3 is 5.97 Å². The van der Waals surface area contributed by atoms with Crippen molar-refractivity contribution in [3.8, 4) is 11.5 Å². The van der Waals surface area contributed by atoms with Gasteiger partial charge in [0.2, 0.25) is 10.0 Å². The Morgan fingerprint density at radius 1 is 1.14 bits per heavy atom. The van der Waals surface area contributed by atoms with E-state index in [2.05, 4.69) is 6.92 Å². The highest BCUT2D eigenvalue weighted by atomic mass is 35.5. The van der Waals surface area contributed by atoms with Gasteiger partial charge in [-0.2, -0.15) is 0 Å². The second-order valence-electron chi connectivity index (χ2n) is 10.7. The molecule has 200 valence electrons. The smallest absolute Gasteiger partial charge is 0.339 e. The van der Waals surface area contributed by atoms with Crippen LogP contribution in [0.3, 0.4) is 0 Å². The number of fused-ring (bicyclic) bond motifs is 5. The third-order valence-electron chi connectivity index (χ3n) is 8.81. The molecular formula is C27H31Cl2NO6S. The number of esters is 1. The summed E-state index contributed by atoms with van der Waals surface area (Å²) in [7, 11) is -4.13. The van der Waals surface area contributed by atoms with E-state index in [0.29, 0.717) is 30.1 Å². The van der Waals surface area contributed by atoms with E-state index in [0.717, 1.165) is 44.6 Å². The second kappa shape index (κ2) is 9.63. The number of rotatable bonds is 5. The molecule has 0 radical (unpaired) electrons. The van der Waals surface area contributed by atoms with Gasteiger partial charge in [0.05, 0.1) is 22.2 Å². The Labute approximate surface area is 227 Å². The number of nitrogens with two attached hydrogens (primary N) is 1. The summed E-state index contributed by atoms with van der Waals surface area (Å²) in [6.45, 7) is 4.60. The van der Waals surface area contributed by atoms with Crippen LogP contribution in [0.4, 0.5) is 0 Å². The zero-order valence-electron chi connectivity index (χ0n) is 20.8. The Hall–Kier alpha value is -2.00. The molecule has 7 nitrogen and oxygen atoms in total. The molecule has 2 aromatic carbocycles. The topological polar surface area (TPSA) is 116 Å². The third-order valence-corrected chi connectivity index (χ3v) is 10.5. The largest absolute Gasteiger partial charge is 0.504 e. The van der Waals surface area contributed by atoms with E-state index in [1.807, 2.05) is 19.1 Å². The van der Waals surface area contributed by atoms with Crippen LogP contribution in [-0.4, -0.2) is 32.2 Å². The van der Waals surface area contributed by atoms with E-state index >= 15 is 0 Å². The van der Waals surface area contributed by atoms with Gasteiger partial charge in [-0.25, -0.2) is 18.4 Å². The van der Waals surface area contributed by atoms with Crippen molar-refractivity contribution in [3.05, 3.63) is 51.0 Å². The van der Waals surface area contributed by atoms with E-state index in [9.17, 15) is 18.3 Å². The number of phenolic OH excluding ortho intramolecular Hbond substituents is 1. The fraction of sp³-hybridized carbons (Fsp3) is 0.519. The summed E-state index contributed by atoms with van der Waals surface area (Å²) in [6, 6.07) is 6.18. The third kappa shape index (κ3) is 4.60. The number of aryl methyl sites for hydroxylation is 1. The van der Waals surface area contributed by atoms with Gasteiger partial charge in [0, 0.05) is 5.41 Å². The Morgan fingerprint density at radius 3 is 2.59 bits per heavy atom. The maximum Gasteiger partial charge on any atom is 0.339 e. The zero-order valence-corrected chi connectivity index (χ0v) is 23.1. The molecule has 3 N–H and O–H groups in total. The van der Waals surface area contributed by atoms with Crippen molar-refractivity contribution in [1.82, 2.24) is 0 Å². The molecule has 5 atom stereocenters. The van der Waals surface area contributed by atoms with Crippen molar-refractivity contribution in [3.63, 3.8) is 0 Å². The van der Waals surface area contributed by atoms with Gasteiger partial charge in [-0.15, -0.1) is 0 Å². The van der Waals surface area contributed by atoms with Crippen molar-refractivity contribution in [2.45, 2.75) is 69.3 Å². The van der Waals surface area contributed by atoms with Crippen LogP contribution in [0, 0.1) is 17.3 Å². The van der Waals surface area contributed by atoms with Crippen molar-refractivity contribution in [2.75, 3.05) is 6.61 Å². The number of hydrogen-bond acceptors (Lipinski definition) is 6. The molecule has 0 aliphatic heterocycles. The predicted molar refractivity (Wildman–Crippen MR) is 141 cm³/mol. The van der Waals surface area contributed by atoms with Gasteiger partial charge in [0.25, 0.3) is 0 Å². The van der Waals surface area contributed by atoms with Gasteiger partial charge in [0.15, 0.2) is 11.5 Å². The van der Waals surface area contributed by atoms with Crippen LogP contribution in [-0.2, 0) is 21.2 Å². The van der Waals surface area contributed by atoms with Gasteiger partial charge < -0.3 is 14.6 Å². The average molecular weight is 569 g/mol. The lowest BCUT2D eigenvalue weighted by molar-refractivity contribution is -0.0428. The minimum absolute atomic E-state index is 0.0167. The standard InChI is InChI=1S/C27H31Cl2NO6S/c1-3-35-23-11-17-14(10-22(23)31)4-5-16-15(17)8-9-27(2)19(16)6-7-25(27)36-26(32)18-12-24(37(30,33)34)21(29)13-20(18)28/h10-13,15-16,19,25,31H,3-9H2,1-2H3,(H2,30,33,34)/t15?,16?,19?,25-,27-/m0/s1. The lowest BCUT2D eigenvalue weighted by Gasteiger charge is -2.50. The lowest BCUT2D eigenvalue weighted by atomic mass is 9.55. The summed E-state index contributed by atoms with van der Waals surface area (Å²) in [5, 5.41) is 15.5. The number of carbonyl (C=O) groups excluding carboxylic acids is 1. The highest BCUT2D eigenvalue weighted by molar-refractivity contribution is 7.89. The number of ether oxygens (including phenoxy) is 2. The Bertz CT molecular complexity index is 1360. The zero-order chi connectivity index (χ0) is 26.7. The van der Waals surface area contributed by atoms with Crippen LogP contribution in [0.2, 0.25) is 10.0 Å². The van der Waals surface area contributed by atoms with Crippen molar-refractivity contribution < 1.29 is 27.8 Å². The van der Waals surface area contributed by atoms with Crippen LogP contribution in [0.15, 0.2) is 29.2 Å². The SMILES string of the molecule is CCOc1cc2c(cc1O)CCC1C2CC[C@@]2(C)C1CC[C@@H]2OC(=O)c1cc(S(N)(=O)=O)c(Cl)cc1Cl. The molecule has 0 amide bonds. The van der Waals surface area contributed by atoms with Gasteiger partial charge in [-0.05, 0) is 98.6 Å². The number of sulfonamides is 1. The second-order valence-corrected chi connectivity index (χ2v) is 13.0. The molecule has 3 unspecified atom stereocenters. The maximum absolute atomic E-state index is 13.2. The molecule has 10 heteroatoms. The molecule has 0 bridgehead atoms. The summed E-state index contributed by atoms with van der Waals surface area (Å²) >= 11 is 12.2. The fourth-order valence-electron chi connectivity index (χ4n) is 7.10. The molecule has 2 fully saturated rings. The summed E-state index contributed by atoms with van der Waals surface area (Å²) in [5.41, 5.74) is 2.19. The molecule has 5 rings (SSSR count). The number of phenols is 1. The molecule has 0 heterocycles. The summed E-state index contributed by atoms with van der Waals surface area (Å²) in [6.07, 6.45) is 5.12.